The molecule has 4 bridgehead atoms. The molecule has 2 nitrogen and oxygen atoms in total. The van der Waals surface area contributed by atoms with E-state index in [9.17, 15) is 0 Å². The molecular formula is C34H30BrNO. The number of fused-ring (bicyclic) bond motifs is 3. The third-order valence-corrected chi connectivity index (χ3v) is 9.88. The van der Waals surface area contributed by atoms with Crippen molar-refractivity contribution in [1.82, 2.24) is 0 Å². The van der Waals surface area contributed by atoms with Crippen LogP contribution >= 0.6 is 15.9 Å². The molecule has 4 aliphatic carbocycles. The summed E-state index contributed by atoms with van der Waals surface area (Å²) in [4.78, 5) is 2.39. The van der Waals surface area contributed by atoms with E-state index in [4.69, 9.17) is 4.42 Å². The molecule has 37 heavy (non-hydrogen) atoms. The second kappa shape index (κ2) is 8.23. The van der Waals surface area contributed by atoms with Gasteiger partial charge in [-0.15, -0.1) is 0 Å². The normalized spacial score (nSPS) is 26.2. The van der Waals surface area contributed by atoms with Crippen LogP contribution in [0.1, 0.15) is 44.1 Å². The van der Waals surface area contributed by atoms with E-state index < -0.39 is 0 Å². The van der Waals surface area contributed by atoms with Crippen molar-refractivity contribution in [3.8, 4) is 0 Å². The summed E-state index contributed by atoms with van der Waals surface area (Å²) in [5, 5.41) is 2.33. The van der Waals surface area contributed by atoms with Gasteiger partial charge in [-0.25, -0.2) is 0 Å². The summed E-state index contributed by atoms with van der Waals surface area (Å²) in [6.07, 6.45) is 8.50. The van der Waals surface area contributed by atoms with Crippen molar-refractivity contribution < 1.29 is 4.42 Å². The lowest BCUT2D eigenvalue weighted by Gasteiger charge is -2.57. The summed E-state index contributed by atoms with van der Waals surface area (Å²) >= 11 is 3.92. The van der Waals surface area contributed by atoms with Crippen LogP contribution in [0.2, 0.25) is 0 Å². The molecule has 9 rings (SSSR count). The van der Waals surface area contributed by atoms with Crippen molar-refractivity contribution >= 4 is 54.9 Å². The topological polar surface area (TPSA) is 16.4 Å². The summed E-state index contributed by atoms with van der Waals surface area (Å²) in [5.74, 6) is 2.78. The molecule has 4 aromatic carbocycles. The number of nitrogens with zero attached hydrogens (tertiary/aromatic N) is 1. The molecule has 0 N–H and O–H groups in total. The minimum absolute atomic E-state index is 0.346. The zero-order valence-electron chi connectivity index (χ0n) is 20.9. The highest BCUT2D eigenvalue weighted by Crippen LogP contribution is 2.61. The third-order valence-electron chi connectivity index (χ3n) is 9.43. The molecule has 1 aromatic heterocycles. The Morgan fingerprint density at radius 3 is 2.05 bits per heavy atom. The second-order valence-corrected chi connectivity index (χ2v) is 12.8. The third kappa shape index (κ3) is 3.58. The van der Waals surface area contributed by atoms with Gasteiger partial charge >= 0.3 is 0 Å². The maximum atomic E-state index is 6.29. The summed E-state index contributed by atoms with van der Waals surface area (Å²) in [7, 11) is 0. The molecule has 0 amide bonds. The van der Waals surface area contributed by atoms with Crippen LogP contribution in [0.15, 0.2) is 99.9 Å². The van der Waals surface area contributed by atoms with Crippen molar-refractivity contribution in [3.05, 3.63) is 101 Å². The van der Waals surface area contributed by atoms with Crippen LogP contribution in [0.5, 0.6) is 0 Å². The van der Waals surface area contributed by atoms with Gasteiger partial charge in [-0.1, -0.05) is 52.3 Å². The fourth-order valence-electron chi connectivity index (χ4n) is 8.35. The molecule has 1 heterocycles. The second-order valence-electron chi connectivity index (χ2n) is 11.8. The molecule has 0 radical (unpaired) electrons. The molecule has 4 fully saturated rings. The average Bonchev–Trinajstić information content (AvgIpc) is 3.26. The Balaban J connectivity index is 1.28. The summed E-state index contributed by atoms with van der Waals surface area (Å²) in [6.45, 7) is 0. The molecule has 184 valence electrons. The predicted molar refractivity (Wildman–Crippen MR) is 156 cm³/mol. The Labute approximate surface area is 226 Å². The van der Waals surface area contributed by atoms with Crippen molar-refractivity contribution in [1.29, 1.82) is 0 Å². The van der Waals surface area contributed by atoms with Gasteiger partial charge in [-0.3, -0.25) is 0 Å². The zero-order chi connectivity index (χ0) is 24.6. The Morgan fingerprint density at radius 1 is 0.622 bits per heavy atom. The average molecular weight is 549 g/mol. The van der Waals surface area contributed by atoms with E-state index in [-0.39, 0.29) is 0 Å². The molecule has 4 saturated carbocycles. The fourth-order valence-corrected chi connectivity index (χ4v) is 8.83. The van der Waals surface area contributed by atoms with Gasteiger partial charge in [-0.2, -0.15) is 0 Å². The van der Waals surface area contributed by atoms with Gasteiger partial charge in [0.05, 0.1) is 0 Å². The molecule has 0 saturated heterocycles. The van der Waals surface area contributed by atoms with Crippen molar-refractivity contribution in [2.75, 3.05) is 4.90 Å². The lowest BCUT2D eigenvalue weighted by molar-refractivity contribution is -0.00519. The number of furan rings is 1. The first-order valence-electron chi connectivity index (χ1n) is 13.7. The van der Waals surface area contributed by atoms with Gasteiger partial charge in [0.15, 0.2) is 0 Å². The maximum absolute atomic E-state index is 6.29. The van der Waals surface area contributed by atoms with Gasteiger partial charge in [0.25, 0.3) is 0 Å². The Hall–Kier alpha value is -3.04. The number of hydrogen-bond acceptors (Lipinski definition) is 2. The molecule has 3 heteroatoms. The maximum Gasteiger partial charge on any atom is 0.137 e. The number of halogens is 1. The number of para-hydroxylation sites is 2. The highest BCUT2D eigenvalue weighted by Gasteiger charge is 2.51. The molecule has 0 atom stereocenters. The van der Waals surface area contributed by atoms with Crippen LogP contribution in [0.25, 0.3) is 21.9 Å². The van der Waals surface area contributed by atoms with E-state index in [2.05, 4.69) is 106 Å². The van der Waals surface area contributed by atoms with Crippen LogP contribution < -0.4 is 4.90 Å². The largest absolute Gasteiger partial charge is 0.456 e. The van der Waals surface area contributed by atoms with Crippen LogP contribution in [0.3, 0.4) is 0 Å². The van der Waals surface area contributed by atoms with Crippen LogP contribution in [-0.2, 0) is 5.41 Å². The first-order chi connectivity index (χ1) is 18.1. The van der Waals surface area contributed by atoms with Gasteiger partial charge in [0.2, 0.25) is 0 Å². The van der Waals surface area contributed by atoms with Gasteiger partial charge < -0.3 is 9.32 Å². The molecule has 5 aromatic rings. The summed E-state index contributed by atoms with van der Waals surface area (Å²) in [5.41, 5.74) is 7.23. The smallest absolute Gasteiger partial charge is 0.137 e. The highest BCUT2D eigenvalue weighted by molar-refractivity contribution is 9.10. The fraction of sp³-hybridized carbons (Fsp3) is 0.294. The molecule has 0 aliphatic heterocycles. The number of rotatable bonds is 4. The van der Waals surface area contributed by atoms with E-state index in [1.54, 1.807) is 0 Å². The van der Waals surface area contributed by atoms with Crippen molar-refractivity contribution in [3.63, 3.8) is 0 Å². The highest BCUT2D eigenvalue weighted by atomic mass is 79.9. The van der Waals surface area contributed by atoms with E-state index in [0.717, 1.165) is 45.7 Å². The summed E-state index contributed by atoms with van der Waals surface area (Å²) in [6, 6.07) is 32.9. The number of benzene rings is 4. The first-order valence-corrected chi connectivity index (χ1v) is 14.5. The molecule has 0 unspecified atom stereocenters. The standard InChI is InChI=1S/C34H30BrNO/c35-26-15-25(34-19-22-12-23(20-34)14-24(13-22)21-34)16-29(17-26)36(27-6-2-1-3-7-27)28-10-11-31-30-8-4-5-9-32(30)37-33(31)18-28/h1-11,15-18,22-24H,12-14,19-21H2. The Bertz CT molecular complexity index is 1600. The van der Waals surface area contributed by atoms with E-state index in [0.29, 0.717) is 5.41 Å². The van der Waals surface area contributed by atoms with Gasteiger partial charge in [0.1, 0.15) is 11.2 Å². The van der Waals surface area contributed by atoms with E-state index in [1.165, 1.54) is 59.6 Å². The minimum Gasteiger partial charge on any atom is -0.456 e. The lowest BCUT2D eigenvalue weighted by Crippen LogP contribution is -2.48. The molecular weight excluding hydrogens is 518 g/mol. The molecule has 4 aliphatic rings. The van der Waals surface area contributed by atoms with E-state index >= 15 is 0 Å². The van der Waals surface area contributed by atoms with Gasteiger partial charge in [-0.05, 0) is 116 Å². The van der Waals surface area contributed by atoms with Gasteiger partial charge in [0, 0.05) is 38.4 Å². The Morgan fingerprint density at radius 2 is 1.30 bits per heavy atom. The molecule has 0 spiro atoms. The minimum atomic E-state index is 0.346. The van der Waals surface area contributed by atoms with Crippen molar-refractivity contribution in [2.24, 2.45) is 17.8 Å². The lowest BCUT2D eigenvalue weighted by atomic mass is 9.48. The quantitative estimate of drug-likeness (QED) is 0.222. The predicted octanol–water partition coefficient (Wildman–Crippen LogP) is 10.3. The first kappa shape index (κ1) is 22.0. The Kier molecular flexibility index (Phi) is 4.89. The zero-order valence-corrected chi connectivity index (χ0v) is 22.5. The van der Waals surface area contributed by atoms with Crippen LogP contribution in [-0.4, -0.2) is 0 Å². The van der Waals surface area contributed by atoms with Crippen LogP contribution in [0, 0.1) is 17.8 Å². The van der Waals surface area contributed by atoms with Crippen LogP contribution in [0.4, 0.5) is 17.1 Å². The summed E-state index contributed by atoms with van der Waals surface area (Å²) < 4.78 is 7.46. The SMILES string of the molecule is Brc1cc(N(c2ccccc2)c2ccc3c(c2)oc2ccccc23)cc(C23CC4CC(CC(C4)C2)C3)c1. The van der Waals surface area contributed by atoms with E-state index in [1.807, 2.05) is 6.07 Å². The number of anilines is 3. The van der Waals surface area contributed by atoms with Crippen molar-refractivity contribution in [2.45, 2.75) is 43.9 Å². The monoisotopic (exact) mass is 547 g/mol. The number of hydrogen-bond donors (Lipinski definition) is 0.